The summed E-state index contributed by atoms with van der Waals surface area (Å²) < 4.78 is 9.95. The van der Waals surface area contributed by atoms with Gasteiger partial charge in [-0.05, 0) is 0 Å². The Balaban J connectivity index is 3.06. The van der Waals surface area contributed by atoms with Crippen LogP contribution in [0, 0.1) is 0 Å². The molecule has 0 spiro atoms. The fourth-order valence-electron chi connectivity index (χ4n) is 1.77. The van der Waals surface area contributed by atoms with Gasteiger partial charge in [-0.1, -0.05) is 0 Å². The molecule has 0 aromatic carbocycles. The van der Waals surface area contributed by atoms with Gasteiger partial charge in [0.05, 0.1) is 0 Å². The Morgan fingerprint density at radius 2 is 1.11 bits per heavy atom. The molecule has 2 atom stereocenters. The van der Waals surface area contributed by atoms with Gasteiger partial charge in [-0.15, -0.1) is 0 Å². The predicted octanol–water partition coefficient (Wildman–Crippen LogP) is -0.567. The van der Waals surface area contributed by atoms with Crippen LogP contribution in [0.4, 0.5) is 0 Å². The summed E-state index contributed by atoms with van der Waals surface area (Å²) in [5, 5.41) is 0. The molecular formula is C11H16N2O6. The molecule has 2 amide bonds. The van der Waals surface area contributed by atoms with Crippen LogP contribution in [0.15, 0.2) is 0 Å². The second kappa shape index (κ2) is 5.68. The largest absolute Gasteiger partial charge is 0.435 e. The van der Waals surface area contributed by atoms with E-state index in [-0.39, 0.29) is 6.67 Å². The zero-order valence-corrected chi connectivity index (χ0v) is 11.2. The summed E-state index contributed by atoms with van der Waals surface area (Å²) in [4.78, 5) is 47.4. The molecule has 0 aromatic heterocycles. The van der Waals surface area contributed by atoms with Crippen molar-refractivity contribution in [3.63, 3.8) is 0 Å². The van der Waals surface area contributed by atoms with E-state index in [1.165, 1.54) is 27.7 Å². The molecule has 0 saturated carbocycles. The maximum Gasteiger partial charge on any atom is 0.304 e. The van der Waals surface area contributed by atoms with E-state index in [4.69, 9.17) is 9.47 Å². The maximum atomic E-state index is 11.5. The molecule has 0 bridgehead atoms. The van der Waals surface area contributed by atoms with Gasteiger partial charge in [0, 0.05) is 27.7 Å². The van der Waals surface area contributed by atoms with E-state index in [2.05, 4.69) is 0 Å². The first-order valence-electron chi connectivity index (χ1n) is 5.63. The molecule has 1 aliphatic heterocycles. The van der Waals surface area contributed by atoms with Gasteiger partial charge in [0.25, 0.3) is 0 Å². The first kappa shape index (κ1) is 14.9. The average Bonchev–Trinajstić information content (AvgIpc) is 2.56. The third-order valence-electron chi connectivity index (χ3n) is 2.55. The molecule has 106 valence electrons. The molecular weight excluding hydrogens is 256 g/mol. The third-order valence-corrected chi connectivity index (χ3v) is 2.55. The van der Waals surface area contributed by atoms with Crippen molar-refractivity contribution in [1.82, 2.24) is 9.80 Å². The molecule has 19 heavy (non-hydrogen) atoms. The number of amides is 2. The number of esters is 2. The molecule has 1 heterocycles. The summed E-state index contributed by atoms with van der Waals surface area (Å²) in [5.41, 5.74) is 0. The highest BCUT2D eigenvalue weighted by molar-refractivity contribution is 5.79. The lowest BCUT2D eigenvalue weighted by molar-refractivity contribution is -0.183. The minimum absolute atomic E-state index is 0.0967. The van der Waals surface area contributed by atoms with Crippen LogP contribution < -0.4 is 0 Å². The Morgan fingerprint density at radius 1 is 0.789 bits per heavy atom. The fraction of sp³-hybridized carbons (Fsp3) is 0.636. The van der Waals surface area contributed by atoms with Crippen LogP contribution in [-0.2, 0) is 28.7 Å². The Bertz CT molecular complexity index is 383. The third kappa shape index (κ3) is 3.43. The molecule has 0 aromatic rings. The van der Waals surface area contributed by atoms with Gasteiger partial charge >= 0.3 is 11.9 Å². The Labute approximate surface area is 110 Å². The lowest BCUT2D eigenvalue weighted by atomic mass is 10.4. The van der Waals surface area contributed by atoms with E-state index in [1.54, 1.807) is 0 Å². The van der Waals surface area contributed by atoms with Gasteiger partial charge in [0.1, 0.15) is 6.67 Å². The van der Waals surface area contributed by atoms with Gasteiger partial charge in [-0.25, -0.2) is 0 Å². The summed E-state index contributed by atoms with van der Waals surface area (Å²) in [6.45, 7) is 4.77. The van der Waals surface area contributed by atoms with Crippen molar-refractivity contribution < 1.29 is 28.7 Å². The zero-order chi connectivity index (χ0) is 14.7. The molecule has 0 radical (unpaired) electrons. The molecule has 8 nitrogen and oxygen atoms in total. The summed E-state index contributed by atoms with van der Waals surface area (Å²) in [7, 11) is 0. The molecule has 8 heteroatoms. The summed E-state index contributed by atoms with van der Waals surface area (Å²) in [6.07, 6.45) is -2.24. The molecule has 1 rings (SSSR count). The second-order valence-corrected chi connectivity index (χ2v) is 4.12. The standard InChI is InChI=1S/C11H16N2O6/c1-6(14)12-5-13(7(2)15)11(19-9(4)17)10(12)18-8(3)16/h10-11H,5H2,1-4H3/t10-,11+. The van der Waals surface area contributed by atoms with Crippen LogP contribution in [0.1, 0.15) is 27.7 Å². The Hall–Kier alpha value is -2.12. The second-order valence-electron chi connectivity index (χ2n) is 4.12. The lowest BCUT2D eigenvalue weighted by Crippen LogP contribution is -2.45. The van der Waals surface area contributed by atoms with Gasteiger partial charge in [-0.3, -0.25) is 29.0 Å². The highest BCUT2D eigenvalue weighted by Crippen LogP contribution is 2.23. The van der Waals surface area contributed by atoms with Crippen LogP contribution in [0.25, 0.3) is 0 Å². The first-order valence-corrected chi connectivity index (χ1v) is 5.63. The minimum atomic E-state index is -1.12. The van der Waals surface area contributed by atoms with Crippen molar-refractivity contribution in [2.45, 2.75) is 40.2 Å². The van der Waals surface area contributed by atoms with Crippen molar-refractivity contribution in [3.8, 4) is 0 Å². The molecule has 0 unspecified atom stereocenters. The smallest absolute Gasteiger partial charge is 0.304 e. The van der Waals surface area contributed by atoms with Crippen molar-refractivity contribution >= 4 is 23.8 Å². The molecule has 0 N–H and O–H groups in total. The Kier molecular flexibility index (Phi) is 4.47. The fourth-order valence-corrected chi connectivity index (χ4v) is 1.77. The first-order chi connectivity index (χ1) is 8.73. The highest BCUT2D eigenvalue weighted by atomic mass is 16.6. The zero-order valence-electron chi connectivity index (χ0n) is 11.2. The van der Waals surface area contributed by atoms with Crippen molar-refractivity contribution in [3.05, 3.63) is 0 Å². The summed E-state index contributed by atoms with van der Waals surface area (Å²) in [5.74, 6) is -2.07. The maximum absolute atomic E-state index is 11.5. The number of carbonyl (C=O) groups excluding carboxylic acids is 4. The van der Waals surface area contributed by atoms with Crippen LogP contribution in [0.3, 0.4) is 0 Å². The van der Waals surface area contributed by atoms with Crippen molar-refractivity contribution in [1.29, 1.82) is 0 Å². The number of nitrogens with zero attached hydrogens (tertiary/aromatic N) is 2. The van der Waals surface area contributed by atoms with E-state index in [9.17, 15) is 19.2 Å². The van der Waals surface area contributed by atoms with Crippen LogP contribution >= 0.6 is 0 Å². The number of ether oxygens (including phenoxy) is 2. The monoisotopic (exact) mass is 272 g/mol. The highest BCUT2D eigenvalue weighted by Gasteiger charge is 2.47. The van der Waals surface area contributed by atoms with Gasteiger partial charge in [0.15, 0.2) is 0 Å². The lowest BCUT2D eigenvalue weighted by Gasteiger charge is -2.25. The minimum Gasteiger partial charge on any atom is -0.435 e. The number of carbonyl (C=O) groups is 4. The van der Waals surface area contributed by atoms with E-state index in [0.29, 0.717) is 0 Å². The van der Waals surface area contributed by atoms with Gasteiger partial charge in [0.2, 0.25) is 24.3 Å². The predicted molar refractivity (Wildman–Crippen MR) is 61.0 cm³/mol. The van der Waals surface area contributed by atoms with E-state index >= 15 is 0 Å². The molecule has 0 aliphatic carbocycles. The van der Waals surface area contributed by atoms with Crippen molar-refractivity contribution in [2.75, 3.05) is 6.67 Å². The van der Waals surface area contributed by atoms with Crippen LogP contribution in [-0.4, -0.2) is 52.7 Å². The van der Waals surface area contributed by atoms with Gasteiger partial charge < -0.3 is 9.47 Å². The topological polar surface area (TPSA) is 93.2 Å². The van der Waals surface area contributed by atoms with E-state index in [0.717, 1.165) is 9.80 Å². The van der Waals surface area contributed by atoms with Crippen molar-refractivity contribution in [2.24, 2.45) is 0 Å². The molecule has 1 fully saturated rings. The number of hydrogen-bond acceptors (Lipinski definition) is 6. The quantitative estimate of drug-likeness (QED) is 0.625. The summed E-state index contributed by atoms with van der Waals surface area (Å²) in [6, 6.07) is 0. The average molecular weight is 272 g/mol. The Morgan fingerprint density at radius 3 is 1.32 bits per heavy atom. The molecule has 1 aliphatic rings. The van der Waals surface area contributed by atoms with Crippen LogP contribution in [0.2, 0.25) is 0 Å². The van der Waals surface area contributed by atoms with Crippen LogP contribution in [0.5, 0.6) is 0 Å². The van der Waals surface area contributed by atoms with Gasteiger partial charge in [-0.2, -0.15) is 0 Å². The molecule has 1 saturated heterocycles. The van der Waals surface area contributed by atoms with E-state index < -0.39 is 36.2 Å². The normalized spacial score (nSPS) is 22.1. The summed E-state index contributed by atoms with van der Waals surface area (Å²) >= 11 is 0. The SMILES string of the molecule is CC(=O)O[C@@H]1[C@H](OC(C)=O)N(C(C)=O)CN1C(C)=O. The van der Waals surface area contributed by atoms with E-state index in [1.807, 2.05) is 0 Å². The number of rotatable bonds is 2. The number of hydrogen-bond donors (Lipinski definition) is 0.